The van der Waals surface area contributed by atoms with Crippen molar-refractivity contribution in [1.82, 2.24) is 4.90 Å². The molecule has 16 heavy (non-hydrogen) atoms. The Bertz CT molecular complexity index is 415. The maximum atomic E-state index is 12.0. The number of rotatable bonds is 3. The molecule has 0 radical (unpaired) electrons. The number of aliphatic hydroxyl groups excluding tert-OH is 1. The van der Waals surface area contributed by atoms with Crippen LogP contribution in [0.2, 0.25) is 0 Å². The number of hydrogen-bond acceptors (Lipinski definition) is 3. The molecule has 4 nitrogen and oxygen atoms in total. The highest BCUT2D eigenvalue weighted by Gasteiger charge is 2.26. The normalized spacial score (nSPS) is 16.4. The zero-order valence-corrected chi connectivity index (χ0v) is 9.31. The fourth-order valence-electron chi connectivity index (χ4n) is 1.90. The standard InChI is InChI=1S/C12H16N2O2/c1-8(15)4-5-14-7-9-2-3-10(13)6-11(9)12(14)16/h2-3,6,8,15H,4-5,7,13H2,1H3. The van der Waals surface area contributed by atoms with Crippen LogP contribution in [0.15, 0.2) is 18.2 Å². The van der Waals surface area contributed by atoms with Crippen molar-refractivity contribution in [1.29, 1.82) is 0 Å². The van der Waals surface area contributed by atoms with Crippen LogP contribution < -0.4 is 5.73 Å². The molecule has 86 valence electrons. The predicted molar refractivity (Wildman–Crippen MR) is 61.9 cm³/mol. The third-order valence-electron chi connectivity index (χ3n) is 2.83. The molecule has 0 fully saturated rings. The number of carbonyl (C=O) groups is 1. The van der Waals surface area contributed by atoms with Crippen LogP contribution in [0, 0.1) is 0 Å². The Morgan fingerprint density at radius 3 is 3.00 bits per heavy atom. The van der Waals surface area contributed by atoms with Crippen LogP contribution in [0.5, 0.6) is 0 Å². The fraction of sp³-hybridized carbons (Fsp3) is 0.417. The summed E-state index contributed by atoms with van der Waals surface area (Å²) in [6.45, 7) is 2.94. The summed E-state index contributed by atoms with van der Waals surface area (Å²) in [5, 5.41) is 9.20. The highest BCUT2D eigenvalue weighted by atomic mass is 16.3. The molecule has 1 aromatic carbocycles. The van der Waals surface area contributed by atoms with E-state index in [1.807, 2.05) is 12.1 Å². The van der Waals surface area contributed by atoms with E-state index in [1.54, 1.807) is 17.9 Å². The van der Waals surface area contributed by atoms with Crippen molar-refractivity contribution >= 4 is 11.6 Å². The summed E-state index contributed by atoms with van der Waals surface area (Å²) in [6, 6.07) is 5.43. The number of carbonyl (C=O) groups excluding carboxylic acids is 1. The summed E-state index contributed by atoms with van der Waals surface area (Å²) in [5.74, 6) is 0.0166. The van der Waals surface area contributed by atoms with Crippen molar-refractivity contribution in [2.24, 2.45) is 0 Å². The van der Waals surface area contributed by atoms with E-state index in [0.29, 0.717) is 30.8 Å². The van der Waals surface area contributed by atoms with Gasteiger partial charge in [-0.3, -0.25) is 4.79 Å². The Morgan fingerprint density at radius 2 is 2.31 bits per heavy atom. The molecule has 1 aromatic rings. The van der Waals surface area contributed by atoms with Crippen LogP contribution >= 0.6 is 0 Å². The van der Waals surface area contributed by atoms with Gasteiger partial charge in [0.05, 0.1) is 6.10 Å². The van der Waals surface area contributed by atoms with Gasteiger partial charge in [0.15, 0.2) is 0 Å². The Morgan fingerprint density at radius 1 is 1.56 bits per heavy atom. The average Bonchev–Trinajstić information content (AvgIpc) is 2.53. The molecule has 0 spiro atoms. The summed E-state index contributed by atoms with van der Waals surface area (Å²) in [7, 11) is 0. The van der Waals surface area contributed by atoms with Gasteiger partial charge >= 0.3 is 0 Å². The highest BCUT2D eigenvalue weighted by molar-refractivity contribution is 5.99. The van der Waals surface area contributed by atoms with E-state index in [2.05, 4.69) is 0 Å². The molecule has 1 unspecified atom stereocenters. The number of nitrogens with zero attached hydrogens (tertiary/aromatic N) is 1. The number of nitrogens with two attached hydrogens (primary N) is 1. The van der Waals surface area contributed by atoms with Gasteiger partial charge in [-0.05, 0) is 31.0 Å². The number of benzene rings is 1. The minimum Gasteiger partial charge on any atom is -0.399 e. The molecule has 4 heteroatoms. The van der Waals surface area contributed by atoms with E-state index in [4.69, 9.17) is 5.73 Å². The molecule has 0 aromatic heterocycles. The van der Waals surface area contributed by atoms with Crippen molar-refractivity contribution in [2.75, 3.05) is 12.3 Å². The lowest BCUT2D eigenvalue weighted by Crippen LogP contribution is -2.27. The van der Waals surface area contributed by atoms with Gasteiger partial charge in [0, 0.05) is 24.3 Å². The van der Waals surface area contributed by atoms with Crippen molar-refractivity contribution in [3.05, 3.63) is 29.3 Å². The summed E-state index contributed by atoms with van der Waals surface area (Å²) in [4.78, 5) is 13.7. The molecule has 3 N–H and O–H groups in total. The van der Waals surface area contributed by atoms with Gasteiger partial charge in [-0.2, -0.15) is 0 Å². The van der Waals surface area contributed by atoms with Crippen molar-refractivity contribution in [3.63, 3.8) is 0 Å². The number of aliphatic hydroxyl groups is 1. The maximum Gasteiger partial charge on any atom is 0.254 e. The van der Waals surface area contributed by atoms with E-state index in [0.717, 1.165) is 5.56 Å². The number of nitrogen functional groups attached to an aromatic ring is 1. The summed E-state index contributed by atoms with van der Waals surface area (Å²) in [6.07, 6.45) is 0.233. The second kappa shape index (κ2) is 4.14. The first kappa shape index (κ1) is 11.0. The van der Waals surface area contributed by atoms with Crippen LogP contribution in [-0.4, -0.2) is 28.6 Å². The van der Waals surface area contributed by atoms with E-state index in [-0.39, 0.29) is 12.0 Å². The highest BCUT2D eigenvalue weighted by Crippen LogP contribution is 2.24. The quantitative estimate of drug-likeness (QED) is 0.747. The Hall–Kier alpha value is -1.55. The topological polar surface area (TPSA) is 66.6 Å². The number of hydrogen-bond donors (Lipinski definition) is 2. The third kappa shape index (κ3) is 2.02. The molecule has 2 rings (SSSR count). The lowest BCUT2D eigenvalue weighted by molar-refractivity contribution is 0.0748. The van der Waals surface area contributed by atoms with Gasteiger partial charge in [-0.1, -0.05) is 6.07 Å². The van der Waals surface area contributed by atoms with Gasteiger partial charge in [0.1, 0.15) is 0 Å². The Balaban J connectivity index is 2.12. The Kier molecular flexibility index (Phi) is 2.83. The zero-order valence-electron chi connectivity index (χ0n) is 9.31. The zero-order chi connectivity index (χ0) is 11.7. The molecule has 0 saturated carbocycles. The smallest absolute Gasteiger partial charge is 0.254 e. The largest absolute Gasteiger partial charge is 0.399 e. The van der Waals surface area contributed by atoms with Crippen LogP contribution in [0.4, 0.5) is 5.69 Å². The monoisotopic (exact) mass is 220 g/mol. The van der Waals surface area contributed by atoms with Gasteiger partial charge in [-0.25, -0.2) is 0 Å². The molecular weight excluding hydrogens is 204 g/mol. The molecule has 0 saturated heterocycles. The van der Waals surface area contributed by atoms with Gasteiger partial charge in [-0.15, -0.1) is 0 Å². The SMILES string of the molecule is CC(O)CCN1Cc2ccc(N)cc2C1=O. The summed E-state index contributed by atoms with van der Waals surface area (Å²) >= 11 is 0. The number of fused-ring (bicyclic) bond motifs is 1. The number of amides is 1. The fourth-order valence-corrected chi connectivity index (χ4v) is 1.90. The first-order chi connectivity index (χ1) is 7.58. The molecule has 1 atom stereocenters. The van der Waals surface area contributed by atoms with Crippen molar-refractivity contribution in [3.8, 4) is 0 Å². The van der Waals surface area contributed by atoms with Crippen LogP contribution in [-0.2, 0) is 6.54 Å². The Labute approximate surface area is 94.7 Å². The third-order valence-corrected chi connectivity index (χ3v) is 2.83. The molecular formula is C12H16N2O2. The van der Waals surface area contributed by atoms with Gasteiger partial charge < -0.3 is 15.7 Å². The molecule has 1 aliphatic heterocycles. The molecule has 1 aliphatic rings. The van der Waals surface area contributed by atoms with E-state index in [1.165, 1.54) is 0 Å². The second-order valence-corrected chi connectivity index (χ2v) is 4.28. The number of anilines is 1. The van der Waals surface area contributed by atoms with Crippen molar-refractivity contribution < 1.29 is 9.90 Å². The van der Waals surface area contributed by atoms with Crippen LogP contribution in [0.3, 0.4) is 0 Å². The molecule has 0 aliphatic carbocycles. The first-order valence-corrected chi connectivity index (χ1v) is 5.43. The van der Waals surface area contributed by atoms with E-state index < -0.39 is 0 Å². The predicted octanol–water partition coefficient (Wildman–Crippen LogP) is 0.996. The second-order valence-electron chi connectivity index (χ2n) is 4.28. The molecule has 1 amide bonds. The lowest BCUT2D eigenvalue weighted by Gasteiger charge is -2.16. The van der Waals surface area contributed by atoms with Crippen molar-refractivity contribution in [2.45, 2.75) is 26.0 Å². The molecule has 1 heterocycles. The summed E-state index contributed by atoms with van der Waals surface area (Å²) in [5.41, 5.74) is 7.98. The lowest BCUT2D eigenvalue weighted by atomic mass is 10.1. The average molecular weight is 220 g/mol. The van der Waals surface area contributed by atoms with Gasteiger partial charge in [0.2, 0.25) is 0 Å². The summed E-state index contributed by atoms with van der Waals surface area (Å²) < 4.78 is 0. The maximum absolute atomic E-state index is 12.0. The van der Waals surface area contributed by atoms with Crippen LogP contribution in [0.1, 0.15) is 29.3 Å². The molecule has 0 bridgehead atoms. The van der Waals surface area contributed by atoms with Gasteiger partial charge in [0.25, 0.3) is 5.91 Å². The van der Waals surface area contributed by atoms with Crippen LogP contribution in [0.25, 0.3) is 0 Å². The first-order valence-electron chi connectivity index (χ1n) is 5.43. The van der Waals surface area contributed by atoms with E-state index in [9.17, 15) is 9.90 Å². The van der Waals surface area contributed by atoms with E-state index >= 15 is 0 Å². The minimum absolute atomic E-state index is 0.0166. The minimum atomic E-state index is -0.374.